The van der Waals surface area contributed by atoms with Gasteiger partial charge in [0.25, 0.3) is 0 Å². The van der Waals surface area contributed by atoms with Crippen LogP contribution in [0.2, 0.25) is 0 Å². The number of amides is 2. The van der Waals surface area contributed by atoms with Gasteiger partial charge in [0.2, 0.25) is 18.6 Å². The first-order valence-electron chi connectivity index (χ1n) is 7.48. The number of anilines is 2. The molecule has 3 rings (SSSR count). The summed E-state index contributed by atoms with van der Waals surface area (Å²) in [7, 11) is 0. The van der Waals surface area contributed by atoms with Crippen LogP contribution in [0, 0.1) is 0 Å². The molecule has 0 radical (unpaired) electrons. The van der Waals surface area contributed by atoms with Gasteiger partial charge in [-0.1, -0.05) is 6.07 Å². The average Bonchev–Trinajstić information content (AvgIpc) is 3.01. The molecule has 0 spiro atoms. The van der Waals surface area contributed by atoms with E-state index >= 15 is 0 Å². The molecule has 1 aliphatic rings. The van der Waals surface area contributed by atoms with Crippen molar-refractivity contribution in [2.45, 2.75) is 12.6 Å². The van der Waals surface area contributed by atoms with E-state index in [2.05, 4.69) is 10.6 Å². The number of alkyl halides is 3. The van der Waals surface area contributed by atoms with Gasteiger partial charge in [0, 0.05) is 17.4 Å². The fourth-order valence-corrected chi connectivity index (χ4v) is 2.30. The number of benzene rings is 2. The Balaban J connectivity index is 1.57. The molecule has 2 aromatic carbocycles. The van der Waals surface area contributed by atoms with E-state index < -0.39 is 30.0 Å². The number of halogens is 3. The molecule has 6 nitrogen and oxygen atoms in total. The lowest BCUT2D eigenvalue weighted by Gasteiger charge is -2.10. The van der Waals surface area contributed by atoms with Gasteiger partial charge in [0.05, 0.1) is 5.56 Å². The maximum Gasteiger partial charge on any atom is 0.416 e. The molecule has 0 saturated heterocycles. The summed E-state index contributed by atoms with van der Waals surface area (Å²) in [5.41, 5.74) is -0.521. The van der Waals surface area contributed by atoms with Crippen molar-refractivity contribution in [3.63, 3.8) is 0 Å². The van der Waals surface area contributed by atoms with Crippen LogP contribution in [0.1, 0.15) is 12.0 Å². The van der Waals surface area contributed by atoms with Crippen molar-refractivity contribution in [2.24, 2.45) is 0 Å². The standard InChI is InChI=1S/C17H13F3N2O4/c18-17(19,20)10-2-1-3-11(6-10)21-15(23)8-16(24)22-12-4-5-13-14(7-12)26-9-25-13/h1-7H,8-9H2,(H,21,23)(H,22,24). The Kier molecular flexibility index (Phi) is 4.70. The van der Waals surface area contributed by atoms with Crippen molar-refractivity contribution >= 4 is 23.2 Å². The third kappa shape index (κ3) is 4.24. The van der Waals surface area contributed by atoms with E-state index in [0.717, 1.165) is 12.1 Å². The minimum absolute atomic E-state index is 0.0410. The minimum atomic E-state index is -4.52. The number of fused-ring (bicyclic) bond motifs is 1. The largest absolute Gasteiger partial charge is 0.454 e. The second-order valence-electron chi connectivity index (χ2n) is 5.42. The fourth-order valence-electron chi connectivity index (χ4n) is 2.30. The van der Waals surface area contributed by atoms with E-state index in [1.807, 2.05) is 0 Å². The van der Waals surface area contributed by atoms with Crippen molar-refractivity contribution < 1.29 is 32.2 Å². The molecule has 0 atom stereocenters. The van der Waals surface area contributed by atoms with Gasteiger partial charge in [-0.15, -0.1) is 0 Å². The highest BCUT2D eigenvalue weighted by atomic mass is 19.4. The van der Waals surface area contributed by atoms with E-state index in [0.29, 0.717) is 17.2 Å². The van der Waals surface area contributed by atoms with Crippen LogP contribution in [-0.4, -0.2) is 18.6 Å². The highest BCUT2D eigenvalue weighted by Gasteiger charge is 2.30. The molecule has 2 amide bonds. The average molecular weight is 366 g/mol. The number of carbonyl (C=O) groups excluding carboxylic acids is 2. The molecule has 2 N–H and O–H groups in total. The Bertz CT molecular complexity index is 852. The van der Waals surface area contributed by atoms with Crippen LogP contribution in [0.4, 0.5) is 24.5 Å². The van der Waals surface area contributed by atoms with E-state index in [-0.39, 0.29) is 12.5 Å². The van der Waals surface area contributed by atoms with Gasteiger partial charge < -0.3 is 20.1 Å². The van der Waals surface area contributed by atoms with Gasteiger partial charge in [-0.3, -0.25) is 9.59 Å². The highest BCUT2D eigenvalue weighted by molar-refractivity contribution is 6.08. The van der Waals surface area contributed by atoms with Crippen LogP contribution in [0.3, 0.4) is 0 Å². The maximum absolute atomic E-state index is 12.7. The molecule has 0 aliphatic carbocycles. The number of hydrogen-bond acceptors (Lipinski definition) is 4. The molecule has 136 valence electrons. The summed E-state index contributed by atoms with van der Waals surface area (Å²) in [6.45, 7) is 0.0894. The lowest BCUT2D eigenvalue weighted by Crippen LogP contribution is -2.21. The van der Waals surface area contributed by atoms with Crippen LogP contribution >= 0.6 is 0 Å². The fraction of sp³-hybridized carbons (Fsp3) is 0.176. The normalized spacial score (nSPS) is 12.6. The molecule has 0 unspecified atom stereocenters. The van der Waals surface area contributed by atoms with Gasteiger partial charge in [0.1, 0.15) is 6.42 Å². The molecule has 26 heavy (non-hydrogen) atoms. The van der Waals surface area contributed by atoms with E-state index in [4.69, 9.17) is 9.47 Å². The summed E-state index contributed by atoms with van der Waals surface area (Å²) in [5, 5.41) is 4.78. The molecule has 2 aromatic rings. The summed E-state index contributed by atoms with van der Waals surface area (Å²) in [4.78, 5) is 23.8. The van der Waals surface area contributed by atoms with Gasteiger partial charge in [0.15, 0.2) is 11.5 Å². The Morgan fingerprint density at radius 1 is 0.923 bits per heavy atom. The molecule has 0 fully saturated rings. The molecule has 0 aromatic heterocycles. The highest BCUT2D eigenvalue weighted by Crippen LogP contribution is 2.34. The van der Waals surface area contributed by atoms with Gasteiger partial charge in [-0.05, 0) is 30.3 Å². The first kappa shape index (κ1) is 17.6. The predicted molar refractivity (Wildman–Crippen MR) is 85.9 cm³/mol. The van der Waals surface area contributed by atoms with Crippen molar-refractivity contribution in [1.29, 1.82) is 0 Å². The Morgan fingerprint density at radius 2 is 1.58 bits per heavy atom. The molecular weight excluding hydrogens is 353 g/mol. The predicted octanol–water partition coefficient (Wildman–Crippen LogP) is 3.40. The van der Waals surface area contributed by atoms with Crippen LogP contribution in [0.25, 0.3) is 0 Å². The molecule has 0 saturated carbocycles. The Labute approximate surface area is 145 Å². The zero-order chi connectivity index (χ0) is 18.7. The van der Waals surface area contributed by atoms with Gasteiger partial charge in [-0.2, -0.15) is 13.2 Å². The molecular formula is C17H13F3N2O4. The van der Waals surface area contributed by atoms with Gasteiger partial charge >= 0.3 is 6.18 Å². The van der Waals surface area contributed by atoms with Crippen molar-refractivity contribution in [3.8, 4) is 11.5 Å². The molecule has 1 aliphatic heterocycles. The lowest BCUT2D eigenvalue weighted by atomic mass is 10.2. The van der Waals surface area contributed by atoms with Crippen molar-refractivity contribution in [2.75, 3.05) is 17.4 Å². The summed E-state index contributed by atoms with van der Waals surface area (Å²) in [6.07, 6.45) is -5.07. The zero-order valence-corrected chi connectivity index (χ0v) is 13.2. The minimum Gasteiger partial charge on any atom is -0.454 e. The summed E-state index contributed by atoms with van der Waals surface area (Å²) >= 11 is 0. The number of hydrogen-bond donors (Lipinski definition) is 2. The smallest absolute Gasteiger partial charge is 0.416 e. The van der Waals surface area contributed by atoms with Crippen molar-refractivity contribution in [3.05, 3.63) is 48.0 Å². The quantitative estimate of drug-likeness (QED) is 0.813. The maximum atomic E-state index is 12.7. The third-order valence-electron chi connectivity index (χ3n) is 3.45. The van der Waals surface area contributed by atoms with Crippen LogP contribution < -0.4 is 20.1 Å². The summed E-state index contributed by atoms with van der Waals surface area (Å²) in [5.74, 6) is -0.336. The number of nitrogens with one attached hydrogen (secondary N) is 2. The molecule has 1 heterocycles. The first-order valence-corrected chi connectivity index (χ1v) is 7.48. The number of ether oxygens (including phenoxy) is 2. The summed E-state index contributed by atoms with van der Waals surface area (Å²) < 4.78 is 48.3. The number of rotatable bonds is 4. The molecule has 9 heteroatoms. The second-order valence-corrected chi connectivity index (χ2v) is 5.42. The summed E-state index contributed by atoms with van der Waals surface area (Å²) in [6, 6.07) is 8.91. The SMILES string of the molecule is O=C(CC(=O)Nc1ccc2c(c1)OCO2)Nc1cccc(C(F)(F)F)c1. The Morgan fingerprint density at radius 3 is 2.27 bits per heavy atom. The van der Waals surface area contributed by atoms with Gasteiger partial charge in [-0.25, -0.2) is 0 Å². The van der Waals surface area contributed by atoms with Crippen molar-refractivity contribution in [1.82, 2.24) is 0 Å². The van der Waals surface area contributed by atoms with E-state index in [1.165, 1.54) is 12.1 Å². The lowest BCUT2D eigenvalue weighted by molar-refractivity contribution is -0.137. The third-order valence-corrected chi connectivity index (χ3v) is 3.45. The van der Waals surface area contributed by atoms with E-state index in [1.54, 1.807) is 18.2 Å². The topological polar surface area (TPSA) is 76.7 Å². The zero-order valence-electron chi connectivity index (χ0n) is 13.2. The van der Waals surface area contributed by atoms with Crippen LogP contribution in [0.5, 0.6) is 11.5 Å². The molecule has 0 bridgehead atoms. The monoisotopic (exact) mass is 366 g/mol. The van der Waals surface area contributed by atoms with Crippen LogP contribution in [0.15, 0.2) is 42.5 Å². The van der Waals surface area contributed by atoms with Crippen LogP contribution in [-0.2, 0) is 15.8 Å². The second kappa shape index (κ2) is 6.95. The number of carbonyl (C=O) groups is 2. The van der Waals surface area contributed by atoms with E-state index in [9.17, 15) is 22.8 Å². The first-order chi connectivity index (χ1) is 12.3. The Hall–Kier alpha value is -3.23.